The summed E-state index contributed by atoms with van der Waals surface area (Å²) in [5.74, 6) is -0.551. The van der Waals surface area contributed by atoms with E-state index >= 15 is 0 Å². The fourth-order valence-electron chi connectivity index (χ4n) is 2.94. The van der Waals surface area contributed by atoms with Gasteiger partial charge in [0, 0.05) is 17.7 Å². The second-order valence-corrected chi connectivity index (χ2v) is 7.60. The Bertz CT molecular complexity index is 1080. The quantitative estimate of drug-likeness (QED) is 0.469. The standard InChI is InChI=1S/C19H16ClN3O4S/c1-26-6-7-27-18(25)16-12(20)3-5-14-17(16)23-19(22-14)28-11-2-4-13-10(8-11)9-15(24)21-13/h2-5,8H,6-7,9H2,1H3,(H,21,24)(H,22,23). The molecule has 28 heavy (non-hydrogen) atoms. The Hall–Kier alpha value is -2.55. The van der Waals surface area contributed by atoms with Gasteiger partial charge in [-0.25, -0.2) is 9.78 Å². The molecule has 3 aromatic rings. The number of halogens is 1. The van der Waals surface area contributed by atoms with Gasteiger partial charge in [0.1, 0.15) is 17.7 Å². The number of fused-ring (bicyclic) bond motifs is 2. The van der Waals surface area contributed by atoms with Crippen LogP contribution in [0.25, 0.3) is 11.0 Å². The van der Waals surface area contributed by atoms with Crippen molar-refractivity contribution in [2.24, 2.45) is 0 Å². The van der Waals surface area contributed by atoms with Gasteiger partial charge in [0.15, 0.2) is 5.16 Å². The van der Waals surface area contributed by atoms with Crippen molar-refractivity contribution in [2.75, 3.05) is 25.6 Å². The number of aromatic amines is 1. The van der Waals surface area contributed by atoms with E-state index in [9.17, 15) is 9.59 Å². The molecular formula is C19H16ClN3O4S. The summed E-state index contributed by atoms with van der Waals surface area (Å²) in [5, 5.41) is 3.70. The Balaban J connectivity index is 1.61. The maximum absolute atomic E-state index is 12.4. The van der Waals surface area contributed by atoms with Gasteiger partial charge in [-0.2, -0.15) is 0 Å². The van der Waals surface area contributed by atoms with Crippen LogP contribution in [0.2, 0.25) is 5.02 Å². The predicted molar refractivity (Wildman–Crippen MR) is 106 cm³/mol. The first-order valence-electron chi connectivity index (χ1n) is 8.50. The monoisotopic (exact) mass is 417 g/mol. The Morgan fingerprint density at radius 2 is 2.14 bits per heavy atom. The van der Waals surface area contributed by atoms with E-state index in [2.05, 4.69) is 15.3 Å². The van der Waals surface area contributed by atoms with Crippen LogP contribution in [0.3, 0.4) is 0 Å². The minimum atomic E-state index is -0.544. The summed E-state index contributed by atoms with van der Waals surface area (Å²) in [6.45, 7) is 0.437. The van der Waals surface area contributed by atoms with E-state index in [4.69, 9.17) is 21.1 Å². The normalized spacial score (nSPS) is 12.9. The maximum atomic E-state index is 12.4. The summed E-state index contributed by atoms with van der Waals surface area (Å²) < 4.78 is 10.1. The van der Waals surface area contributed by atoms with Gasteiger partial charge in [-0.15, -0.1) is 0 Å². The lowest BCUT2D eigenvalue weighted by atomic mass is 10.2. The molecule has 2 heterocycles. The van der Waals surface area contributed by atoms with Crippen LogP contribution in [0.1, 0.15) is 15.9 Å². The lowest BCUT2D eigenvalue weighted by Gasteiger charge is -2.06. The van der Waals surface area contributed by atoms with Crippen molar-refractivity contribution in [2.45, 2.75) is 16.5 Å². The molecule has 9 heteroatoms. The van der Waals surface area contributed by atoms with Crippen molar-refractivity contribution in [1.29, 1.82) is 0 Å². The molecule has 4 rings (SSSR count). The molecule has 0 fully saturated rings. The molecule has 2 aromatic carbocycles. The van der Waals surface area contributed by atoms with Crippen LogP contribution in [-0.2, 0) is 20.7 Å². The number of amides is 1. The van der Waals surface area contributed by atoms with Crippen LogP contribution in [-0.4, -0.2) is 42.2 Å². The zero-order chi connectivity index (χ0) is 19.7. The average Bonchev–Trinajstić information content (AvgIpc) is 3.23. The van der Waals surface area contributed by atoms with E-state index in [1.165, 1.54) is 18.9 Å². The highest BCUT2D eigenvalue weighted by Crippen LogP contribution is 2.34. The number of rotatable bonds is 6. The number of benzene rings is 2. The fourth-order valence-corrected chi connectivity index (χ4v) is 4.03. The zero-order valence-corrected chi connectivity index (χ0v) is 16.4. The molecule has 0 saturated carbocycles. The summed E-state index contributed by atoms with van der Waals surface area (Å²) in [4.78, 5) is 32.6. The van der Waals surface area contributed by atoms with Crippen molar-refractivity contribution in [3.05, 3.63) is 46.5 Å². The molecule has 0 saturated heterocycles. The molecule has 2 N–H and O–H groups in total. The van der Waals surface area contributed by atoms with Gasteiger partial charge < -0.3 is 19.8 Å². The predicted octanol–water partition coefficient (Wildman–Crippen LogP) is 3.67. The topological polar surface area (TPSA) is 93.3 Å². The number of carbonyl (C=O) groups excluding carboxylic acids is 2. The zero-order valence-electron chi connectivity index (χ0n) is 14.9. The Morgan fingerprint density at radius 1 is 1.29 bits per heavy atom. The van der Waals surface area contributed by atoms with Crippen molar-refractivity contribution in [3.63, 3.8) is 0 Å². The van der Waals surface area contributed by atoms with Crippen LogP contribution >= 0.6 is 23.4 Å². The number of aromatic nitrogens is 2. The highest BCUT2D eigenvalue weighted by atomic mass is 35.5. The molecule has 1 aromatic heterocycles. The van der Waals surface area contributed by atoms with Gasteiger partial charge in [-0.1, -0.05) is 23.4 Å². The first kappa shape index (κ1) is 18.8. The van der Waals surface area contributed by atoms with Crippen LogP contribution in [0.5, 0.6) is 0 Å². The summed E-state index contributed by atoms with van der Waals surface area (Å²) in [7, 11) is 1.53. The maximum Gasteiger partial charge on any atom is 0.342 e. The van der Waals surface area contributed by atoms with Crippen LogP contribution in [0.15, 0.2) is 40.4 Å². The van der Waals surface area contributed by atoms with Crippen LogP contribution < -0.4 is 5.32 Å². The van der Waals surface area contributed by atoms with Gasteiger partial charge in [-0.3, -0.25) is 4.79 Å². The molecule has 1 aliphatic heterocycles. The smallest absolute Gasteiger partial charge is 0.342 e. The number of ether oxygens (including phenoxy) is 2. The number of carbonyl (C=O) groups is 2. The highest BCUT2D eigenvalue weighted by molar-refractivity contribution is 7.99. The van der Waals surface area contributed by atoms with E-state index in [-0.39, 0.29) is 23.1 Å². The minimum Gasteiger partial charge on any atom is -0.460 e. The summed E-state index contributed by atoms with van der Waals surface area (Å²) in [6.07, 6.45) is 0.372. The number of anilines is 1. The third kappa shape index (κ3) is 3.71. The summed E-state index contributed by atoms with van der Waals surface area (Å²) in [6, 6.07) is 9.15. The molecule has 0 radical (unpaired) electrons. The van der Waals surface area contributed by atoms with E-state index < -0.39 is 5.97 Å². The lowest BCUT2D eigenvalue weighted by Crippen LogP contribution is -2.11. The van der Waals surface area contributed by atoms with Crippen LogP contribution in [0, 0.1) is 0 Å². The molecule has 0 aliphatic carbocycles. The largest absolute Gasteiger partial charge is 0.460 e. The average molecular weight is 418 g/mol. The Kier molecular flexibility index (Phi) is 5.25. The first-order valence-corrected chi connectivity index (χ1v) is 9.69. The second-order valence-electron chi connectivity index (χ2n) is 6.14. The third-order valence-corrected chi connectivity index (χ3v) is 5.41. The molecule has 1 amide bonds. The van der Waals surface area contributed by atoms with Crippen LogP contribution in [0.4, 0.5) is 5.69 Å². The minimum absolute atomic E-state index is 0.00726. The molecule has 1 aliphatic rings. The van der Waals surface area contributed by atoms with E-state index in [1.54, 1.807) is 12.1 Å². The van der Waals surface area contributed by atoms with Crippen molar-refractivity contribution < 1.29 is 19.1 Å². The molecule has 0 spiro atoms. The first-order chi connectivity index (χ1) is 13.5. The van der Waals surface area contributed by atoms with Gasteiger partial charge in [0.05, 0.1) is 23.6 Å². The van der Waals surface area contributed by atoms with Gasteiger partial charge in [0.25, 0.3) is 0 Å². The van der Waals surface area contributed by atoms with Crippen molar-refractivity contribution >= 4 is 52.0 Å². The number of imidazole rings is 1. The fraction of sp³-hybridized carbons (Fsp3) is 0.211. The number of H-pyrrole nitrogens is 1. The van der Waals surface area contributed by atoms with Gasteiger partial charge >= 0.3 is 5.97 Å². The number of nitrogens with zero attached hydrogens (tertiary/aromatic N) is 1. The number of nitrogens with one attached hydrogen (secondary N) is 2. The molecule has 0 bridgehead atoms. The molecular weight excluding hydrogens is 402 g/mol. The third-order valence-electron chi connectivity index (χ3n) is 4.22. The summed E-state index contributed by atoms with van der Waals surface area (Å²) >= 11 is 7.63. The summed E-state index contributed by atoms with van der Waals surface area (Å²) in [5.41, 5.74) is 3.16. The number of methoxy groups -OCH3 is 1. The number of hydrogen-bond donors (Lipinski definition) is 2. The Labute approximate surface area is 169 Å². The number of esters is 1. The van der Waals surface area contributed by atoms with Crippen molar-refractivity contribution in [1.82, 2.24) is 9.97 Å². The second kappa shape index (κ2) is 7.83. The van der Waals surface area contributed by atoms with Gasteiger partial charge in [0.2, 0.25) is 5.91 Å². The molecule has 0 unspecified atom stereocenters. The molecule has 7 nitrogen and oxygen atoms in total. The molecule has 144 valence electrons. The van der Waals surface area contributed by atoms with Gasteiger partial charge in [-0.05, 0) is 35.9 Å². The SMILES string of the molecule is COCCOC(=O)c1c(Cl)ccc2[nH]c(Sc3ccc4c(c3)CC(=O)N4)nc12. The Morgan fingerprint density at radius 3 is 2.96 bits per heavy atom. The van der Waals surface area contributed by atoms with Crippen molar-refractivity contribution in [3.8, 4) is 0 Å². The number of hydrogen-bond acceptors (Lipinski definition) is 6. The van der Waals surface area contributed by atoms with E-state index in [0.29, 0.717) is 29.2 Å². The van der Waals surface area contributed by atoms with E-state index in [0.717, 1.165) is 16.1 Å². The lowest BCUT2D eigenvalue weighted by molar-refractivity contribution is -0.115. The molecule has 0 atom stereocenters. The highest BCUT2D eigenvalue weighted by Gasteiger charge is 2.21. The van der Waals surface area contributed by atoms with E-state index in [1.807, 2.05) is 18.2 Å².